The van der Waals surface area contributed by atoms with Gasteiger partial charge in [0.25, 0.3) is 0 Å². The lowest BCUT2D eigenvalue weighted by atomic mass is 10.1. The average Bonchev–Trinajstić information content (AvgIpc) is 2.92. The Bertz CT molecular complexity index is 1350. The summed E-state index contributed by atoms with van der Waals surface area (Å²) in [6, 6.07) is 43.3. The van der Waals surface area contributed by atoms with Crippen molar-refractivity contribution in [1.82, 2.24) is 0 Å². The first-order valence-electron chi connectivity index (χ1n) is 11.5. The van der Waals surface area contributed by atoms with Gasteiger partial charge in [0.2, 0.25) is 0 Å². The fourth-order valence-electron chi connectivity index (χ4n) is 4.18. The molecule has 178 valence electrons. The summed E-state index contributed by atoms with van der Waals surface area (Å²) in [5, 5.41) is -0.532. The maximum Gasteiger partial charge on any atom is 0.653 e. The van der Waals surface area contributed by atoms with Gasteiger partial charge < -0.3 is 9.80 Å². The minimum atomic E-state index is -5.86. The van der Waals surface area contributed by atoms with Crippen LogP contribution in [0, 0.1) is 0 Å². The van der Waals surface area contributed by atoms with Crippen LogP contribution in [0.2, 0.25) is 0 Å². The van der Waals surface area contributed by atoms with Crippen molar-refractivity contribution < 1.29 is 12.3 Å². The van der Waals surface area contributed by atoms with E-state index in [0.717, 1.165) is 28.4 Å². The number of hydrogen-bond donors (Lipinski definition) is 0. The van der Waals surface area contributed by atoms with Crippen molar-refractivity contribution in [3.8, 4) is 0 Å². The summed E-state index contributed by atoms with van der Waals surface area (Å²) < 4.78 is 39.9. The van der Waals surface area contributed by atoms with Gasteiger partial charge in [-0.1, -0.05) is 66.7 Å². The van der Waals surface area contributed by atoms with Gasteiger partial charge >= 0.3 is 9.08 Å². The fourth-order valence-corrected chi connectivity index (χ4v) is 4.72. The molecule has 5 aromatic rings. The van der Waals surface area contributed by atoms with Crippen LogP contribution in [0.1, 0.15) is 0 Å². The molecule has 0 saturated carbocycles. The Labute approximate surface area is 210 Å². The van der Waals surface area contributed by atoms with Crippen LogP contribution in [0.5, 0.6) is 0 Å². The number of halogens is 3. The normalized spacial score (nSPS) is 11.2. The van der Waals surface area contributed by atoms with E-state index in [9.17, 15) is 12.3 Å². The molecule has 0 aliphatic carbocycles. The van der Waals surface area contributed by atoms with Crippen molar-refractivity contribution in [3.05, 3.63) is 140 Å². The Morgan fingerprint density at radius 2 is 0.583 bits per heavy atom. The maximum absolute atomic E-state index is 13.3. The van der Waals surface area contributed by atoms with Gasteiger partial charge in [-0.25, -0.2) is 12.3 Å². The Morgan fingerprint density at radius 3 is 0.861 bits per heavy atom. The molecular weight excluding hydrogens is 473 g/mol. The lowest BCUT2D eigenvalue weighted by Gasteiger charge is -2.28. The molecule has 0 heterocycles. The third kappa shape index (κ3) is 5.04. The van der Waals surface area contributed by atoms with Crippen molar-refractivity contribution in [2.45, 2.75) is 0 Å². The molecule has 0 aromatic heterocycles. The van der Waals surface area contributed by atoms with Crippen LogP contribution < -0.4 is 15.0 Å². The van der Waals surface area contributed by atoms with Gasteiger partial charge in [-0.2, -0.15) is 0 Å². The predicted molar refractivity (Wildman–Crippen MR) is 145 cm³/mol. The summed E-state index contributed by atoms with van der Waals surface area (Å²) in [4.78, 5) is 4.13. The molecule has 5 rings (SSSR count). The van der Waals surface area contributed by atoms with Crippen molar-refractivity contribution in [3.63, 3.8) is 0 Å². The Morgan fingerprint density at radius 1 is 0.333 bits per heavy atom. The topological polar surface area (TPSA) is 6.48 Å². The molecule has 0 radical (unpaired) electrons. The number of anilines is 6. The summed E-state index contributed by atoms with van der Waals surface area (Å²) in [5.74, 6) is 0. The monoisotopic (exact) mass is 496 g/mol. The zero-order valence-electron chi connectivity index (χ0n) is 19.3. The predicted octanol–water partition coefficient (Wildman–Crippen LogP) is 8.68. The Hall–Kier alpha value is -4.29. The summed E-state index contributed by atoms with van der Waals surface area (Å²) in [6.45, 7) is 0. The molecular formula is C30H23F3N2Si. The van der Waals surface area contributed by atoms with Crippen molar-refractivity contribution in [2.75, 3.05) is 9.80 Å². The lowest BCUT2D eigenvalue weighted by Crippen LogP contribution is -2.33. The van der Waals surface area contributed by atoms with E-state index in [-0.39, 0.29) is 0 Å². The first kappa shape index (κ1) is 23.4. The van der Waals surface area contributed by atoms with Crippen molar-refractivity contribution in [2.24, 2.45) is 0 Å². The molecule has 0 saturated heterocycles. The van der Waals surface area contributed by atoms with E-state index >= 15 is 0 Å². The second-order valence-corrected chi connectivity index (χ2v) is 9.81. The molecule has 0 amide bonds. The third-order valence-corrected chi connectivity index (χ3v) is 6.85. The van der Waals surface area contributed by atoms with Crippen LogP contribution in [-0.4, -0.2) is 9.08 Å². The minimum Gasteiger partial charge on any atom is -0.311 e. The standard InChI is InChI=1S/C30H23F3N2Si/c31-36(32,33)30-22-20-29(21-23-30)35(26-14-8-3-9-15-26)28-18-16-27(17-19-28)34(24-10-4-1-5-11-24)25-12-6-2-7-13-25/h1-23H. The van der Waals surface area contributed by atoms with Crippen LogP contribution >= 0.6 is 0 Å². The fraction of sp³-hybridized carbons (Fsp3) is 0. The molecule has 2 nitrogen and oxygen atoms in total. The molecule has 5 aromatic carbocycles. The van der Waals surface area contributed by atoms with Gasteiger partial charge in [-0.15, -0.1) is 0 Å². The highest BCUT2D eigenvalue weighted by Crippen LogP contribution is 2.38. The second-order valence-electron chi connectivity index (χ2n) is 8.24. The van der Waals surface area contributed by atoms with Gasteiger partial charge in [0, 0.05) is 39.3 Å². The average molecular weight is 497 g/mol. The minimum absolute atomic E-state index is 0.532. The van der Waals surface area contributed by atoms with Gasteiger partial charge in [-0.05, 0) is 72.8 Å². The largest absolute Gasteiger partial charge is 0.653 e. The van der Waals surface area contributed by atoms with E-state index in [1.807, 2.05) is 95.9 Å². The van der Waals surface area contributed by atoms with Gasteiger partial charge in [0.15, 0.2) is 0 Å². The van der Waals surface area contributed by atoms with E-state index in [1.54, 1.807) is 0 Å². The number of hydrogen-bond acceptors (Lipinski definition) is 2. The lowest BCUT2D eigenvalue weighted by molar-refractivity contribution is 0.501. The van der Waals surface area contributed by atoms with Crippen molar-refractivity contribution in [1.29, 1.82) is 0 Å². The smallest absolute Gasteiger partial charge is 0.311 e. The summed E-state index contributed by atoms with van der Waals surface area (Å²) >= 11 is 0. The molecule has 0 aliphatic heterocycles. The first-order valence-corrected chi connectivity index (χ1v) is 13.2. The zero-order chi connectivity index (χ0) is 25.0. The molecule has 6 heteroatoms. The summed E-state index contributed by atoms with van der Waals surface area (Å²) in [5.41, 5.74) is 5.42. The maximum atomic E-state index is 13.3. The van der Waals surface area contributed by atoms with E-state index in [4.69, 9.17) is 0 Å². The van der Waals surface area contributed by atoms with E-state index in [1.165, 1.54) is 24.3 Å². The Balaban J connectivity index is 1.55. The van der Waals surface area contributed by atoms with E-state index in [0.29, 0.717) is 5.69 Å². The molecule has 0 atom stereocenters. The van der Waals surface area contributed by atoms with Crippen LogP contribution in [0.15, 0.2) is 140 Å². The molecule has 0 N–H and O–H groups in total. The number of benzene rings is 5. The SMILES string of the molecule is F[Si](F)(F)c1ccc(N(c2ccccc2)c2ccc(N(c3ccccc3)c3ccccc3)cc2)cc1. The molecule has 36 heavy (non-hydrogen) atoms. The van der Waals surface area contributed by atoms with Gasteiger partial charge in [0.05, 0.1) is 0 Å². The zero-order valence-corrected chi connectivity index (χ0v) is 20.3. The highest BCUT2D eigenvalue weighted by molar-refractivity contribution is 6.73. The number of rotatable bonds is 7. The highest BCUT2D eigenvalue weighted by atomic mass is 28.5. The third-order valence-electron chi connectivity index (χ3n) is 5.86. The molecule has 0 unspecified atom stereocenters. The van der Waals surface area contributed by atoms with Crippen LogP contribution in [-0.2, 0) is 0 Å². The van der Waals surface area contributed by atoms with Crippen LogP contribution in [0.3, 0.4) is 0 Å². The van der Waals surface area contributed by atoms with Gasteiger partial charge in [0.1, 0.15) is 0 Å². The summed E-state index contributed by atoms with van der Waals surface area (Å²) in [7, 11) is -5.86. The van der Waals surface area contributed by atoms with Crippen LogP contribution in [0.25, 0.3) is 0 Å². The van der Waals surface area contributed by atoms with Gasteiger partial charge in [-0.3, -0.25) is 0 Å². The van der Waals surface area contributed by atoms with E-state index in [2.05, 4.69) is 29.2 Å². The molecule has 0 fully saturated rings. The molecule has 0 bridgehead atoms. The Kier molecular flexibility index (Phi) is 6.60. The number of para-hydroxylation sites is 3. The van der Waals surface area contributed by atoms with E-state index < -0.39 is 14.3 Å². The molecule has 0 aliphatic rings. The van der Waals surface area contributed by atoms with Crippen molar-refractivity contribution >= 4 is 48.4 Å². The quantitative estimate of drug-likeness (QED) is 0.164. The van der Waals surface area contributed by atoms with Crippen LogP contribution in [0.4, 0.5) is 46.4 Å². The first-order chi connectivity index (χ1) is 17.5. The molecule has 0 spiro atoms. The number of nitrogens with zero attached hydrogens (tertiary/aromatic N) is 2. The second kappa shape index (κ2) is 10.1. The highest BCUT2D eigenvalue weighted by Gasteiger charge is 2.39. The summed E-state index contributed by atoms with van der Waals surface area (Å²) in [6.07, 6.45) is 0.